The molecule has 1 N–H and O–H groups in total. The van der Waals surface area contributed by atoms with Crippen molar-refractivity contribution in [1.29, 1.82) is 0 Å². The summed E-state index contributed by atoms with van der Waals surface area (Å²) in [5.41, 5.74) is 0.112. The Bertz CT molecular complexity index is 1240. The zero-order chi connectivity index (χ0) is 24.7. The number of halogens is 4. The van der Waals surface area contributed by atoms with Crippen LogP contribution in [0.5, 0.6) is 5.75 Å². The van der Waals surface area contributed by atoms with E-state index in [1.165, 1.54) is 13.2 Å². The molecule has 1 fully saturated rings. The molecule has 1 saturated carbocycles. The van der Waals surface area contributed by atoms with E-state index < -0.39 is 29.4 Å². The monoisotopic (exact) mass is 486 g/mol. The number of alkyl halides is 2. The van der Waals surface area contributed by atoms with Crippen LogP contribution in [0.3, 0.4) is 0 Å². The van der Waals surface area contributed by atoms with E-state index in [1.807, 2.05) is 0 Å². The van der Waals surface area contributed by atoms with Crippen LogP contribution in [-0.2, 0) is 12.5 Å². The van der Waals surface area contributed by atoms with Gasteiger partial charge in [0.25, 0.3) is 0 Å². The molecule has 2 aromatic carbocycles. The van der Waals surface area contributed by atoms with Gasteiger partial charge in [0.05, 0.1) is 7.11 Å². The highest BCUT2D eigenvalue weighted by Crippen LogP contribution is 2.47. The van der Waals surface area contributed by atoms with Gasteiger partial charge in [-0.3, -0.25) is 0 Å². The van der Waals surface area contributed by atoms with Crippen LogP contribution in [0.1, 0.15) is 36.9 Å². The van der Waals surface area contributed by atoms with E-state index in [1.54, 1.807) is 30.3 Å². The summed E-state index contributed by atoms with van der Waals surface area (Å²) in [5, 5.41) is 7.54. The summed E-state index contributed by atoms with van der Waals surface area (Å²) in [4.78, 5) is 1.04. The van der Waals surface area contributed by atoms with Crippen LogP contribution in [0.15, 0.2) is 55.1 Å². The molecule has 1 aromatic heterocycles. The van der Waals surface area contributed by atoms with E-state index >= 15 is 8.78 Å². The van der Waals surface area contributed by atoms with E-state index in [9.17, 15) is 8.78 Å². The van der Waals surface area contributed by atoms with Crippen molar-refractivity contribution in [3.8, 4) is 11.4 Å². The predicted molar refractivity (Wildman–Crippen MR) is 126 cm³/mol. The lowest BCUT2D eigenvalue weighted by Gasteiger charge is -2.42. The van der Waals surface area contributed by atoms with Crippen molar-refractivity contribution >= 4 is 11.5 Å². The molecule has 184 valence electrons. The van der Waals surface area contributed by atoms with Gasteiger partial charge >= 0.3 is 6.05 Å². The largest absolute Gasteiger partial charge is 0.497 e. The molecule has 0 saturated heterocycles. The quantitative estimate of drug-likeness (QED) is 0.246. The predicted octanol–water partition coefficient (Wildman–Crippen LogP) is 6.18. The van der Waals surface area contributed by atoms with E-state index in [0.29, 0.717) is 29.2 Å². The van der Waals surface area contributed by atoms with Crippen LogP contribution < -0.4 is 15.0 Å². The Morgan fingerprint density at radius 1 is 1.17 bits per heavy atom. The van der Waals surface area contributed by atoms with Crippen molar-refractivity contribution in [2.45, 2.75) is 50.2 Å². The van der Waals surface area contributed by atoms with Crippen molar-refractivity contribution in [3.05, 3.63) is 78.0 Å². The van der Waals surface area contributed by atoms with Crippen molar-refractivity contribution in [3.63, 3.8) is 0 Å². The van der Waals surface area contributed by atoms with Gasteiger partial charge in [-0.25, -0.2) is 13.5 Å². The molecule has 9 heteroatoms. The maximum atomic E-state index is 16.2. The van der Waals surface area contributed by atoms with Crippen molar-refractivity contribution < 1.29 is 22.3 Å². The molecule has 3 aromatic rings. The second-order valence-corrected chi connectivity index (χ2v) is 8.95. The Balaban J connectivity index is 1.67. The summed E-state index contributed by atoms with van der Waals surface area (Å²) in [5.74, 6) is -0.741. The fourth-order valence-electron chi connectivity index (χ4n) is 4.77. The molecular formula is C26H26F4N4O. The number of anilines is 2. The third kappa shape index (κ3) is 4.02. The summed E-state index contributed by atoms with van der Waals surface area (Å²) in [6.45, 7) is 3.77. The minimum absolute atomic E-state index is 0.0872. The van der Waals surface area contributed by atoms with E-state index in [2.05, 4.69) is 17.0 Å². The first-order valence-electron chi connectivity index (χ1n) is 11.6. The Labute approximate surface area is 201 Å². The van der Waals surface area contributed by atoms with Gasteiger partial charge in [0.15, 0.2) is 11.5 Å². The molecule has 5 nitrogen and oxygen atoms in total. The molecule has 1 atom stereocenters. The van der Waals surface area contributed by atoms with Crippen molar-refractivity contribution in [2.24, 2.45) is 0 Å². The normalized spacial score (nSPS) is 19.1. The van der Waals surface area contributed by atoms with Crippen molar-refractivity contribution in [2.75, 3.05) is 17.3 Å². The molecule has 35 heavy (non-hydrogen) atoms. The lowest BCUT2D eigenvalue weighted by molar-refractivity contribution is -0.0278. The standard InChI is InChI=1S/C26H26F4N4O/c1-3-5-19-15-21-24(26(29,30)33(19)18-9-11-20(35-2)12-10-18)32-34(25(21)31-17-6-4-7-17)23-13-8-16(27)14-22(23)28/h3,8-14,17,19,31H,1,4-7,15H2,2H3. The number of nitrogens with one attached hydrogen (secondary N) is 1. The number of hydrogen-bond acceptors (Lipinski definition) is 4. The third-order valence-electron chi connectivity index (χ3n) is 6.75. The molecule has 0 bridgehead atoms. The fourth-order valence-corrected chi connectivity index (χ4v) is 4.77. The second kappa shape index (κ2) is 8.94. The number of aromatic nitrogens is 2. The topological polar surface area (TPSA) is 42.3 Å². The Morgan fingerprint density at radius 3 is 2.51 bits per heavy atom. The maximum Gasteiger partial charge on any atom is 0.371 e. The fraction of sp³-hybridized carbons (Fsp3) is 0.346. The van der Waals surface area contributed by atoms with Crippen LogP contribution >= 0.6 is 0 Å². The van der Waals surface area contributed by atoms with Crippen LogP contribution in [0.4, 0.5) is 29.1 Å². The van der Waals surface area contributed by atoms with Crippen molar-refractivity contribution in [1.82, 2.24) is 9.78 Å². The van der Waals surface area contributed by atoms with E-state index in [4.69, 9.17) is 4.74 Å². The molecule has 2 aliphatic rings. The highest BCUT2D eigenvalue weighted by molar-refractivity contribution is 5.62. The molecule has 1 aliphatic carbocycles. The van der Waals surface area contributed by atoms with E-state index in [-0.39, 0.29) is 18.2 Å². The smallest absolute Gasteiger partial charge is 0.371 e. The molecule has 2 heterocycles. The summed E-state index contributed by atoms with van der Waals surface area (Å²) in [6, 6.07) is 5.44. The number of fused-ring (bicyclic) bond motifs is 1. The lowest BCUT2D eigenvalue weighted by Crippen LogP contribution is -2.51. The summed E-state index contributed by atoms with van der Waals surface area (Å²) in [6.07, 6.45) is 4.97. The highest BCUT2D eigenvalue weighted by atomic mass is 19.3. The van der Waals surface area contributed by atoms with Gasteiger partial charge in [0.2, 0.25) is 0 Å². The first-order chi connectivity index (χ1) is 16.8. The van der Waals surface area contributed by atoms with Gasteiger partial charge in [0.1, 0.15) is 23.1 Å². The SMILES string of the molecule is C=CCC1Cc2c(nn(-c3ccc(F)cc3F)c2NC2CCC2)C(F)(F)N1c1ccc(OC)cc1. The first kappa shape index (κ1) is 23.3. The average molecular weight is 487 g/mol. The Kier molecular flexibility index (Phi) is 5.94. The molecule has 0 spiro atoms. The molecule has 0 amide bonds. The molecule has 5 rings (SSSR count). The Morgan fingerprint density at radius 2 is 1.91 bits per heavy atom. The summed E-state index contributed by atoms with van der Waals surface area (Å²) < 4.78 is 67.1. The van der Waals surface area contributed by atoms with Gasteiger partial charge in [-0.15, -0.1) is 6.58 Å². The minimum atomic E-state index is -3.49. The molecule has 0 radical (unpaired) electrons. The third-order valence-corrected chi connectivity index (χ3v) is 6.75. The van der Waals surface area contributed by atoms with Crippen LogP contribution in [-0.4, -0.2) is 29.0 Å². The molecular weight excluding hydrogens is 460 g/mol. The summed E-state index contributed by atoms with van der Waals surface area (Å²) in [7, 11) is 1.51. The molecule has 1 unspecified atom stereocenters. The number of nitrogens with zero attached hydrogens (tertiary/aromatic N) is 3. The van der Waals surface area contributed by atoms with E-state index in [0.717, 1.165) is 41.0 Å². The number of benzene rings is 2. The van der Waals surface area contributed by atoms with Gasteiger partial charge in [-0.05, 0) is 68.5 Å². The maximum absolute atomic E-state index is 16.2. The Hall–Kier alpha value is -3.49. The zero-order valence-corrected chi connectivity index (χ0v) is 19.3. The van der Waals surface area contributed by atoms with Gasteiger partial charge < -0.3 is 15.0 Å². The van der Waals surface area contributed by atoms with Gasteiger partial charge in [0, 0.05) is 29.4 Å². The van der Waals surface area contributed by atoms with Gasteiger partial charge in [-0.2, -0.15) is 13.9 Å². The highest BCUT2D eigenvalue weighted by Gasteiger charge is 2.52. The first-order valence-corrected chi connectivity index (χ1v) is 11.6. The number of hydrogen-bond donors (Lipinski definition) is 1. The average Bonchev–Trinajstić information content (AvgIpc) is 3.15. The number of ether oxygens (including phenoxy) is 1. The van der Waals surface area contributed by atoms with Crippen LogP contribution in [0, 0.1) is 11.6 Å². The van der Waals surface area contributed by atoms with Crippen LogP contribution in [0.25, 0.3) is 5.69 Å². The van der Waals surface area contributed by atoms with Gasteiger partial charge in [-0.1, -0.05) is 6.08 Å². The zero-order valence-electron chi connectivity index (χ0n) is 19.3. The lowest BCUT2D eigenvalue weighted by atomic mass is 9.91. The van der Waals surface area contributed by atoms with Crippen LogP contribution in [0.2, 0.25) is 0 Å². The number of rotatable bonds is 7. The molecule has 1 aliphatic heterocycles. The summed E-state index contributed by atoms with van der Waals surface area (Å²) >= 11 is 0. The number of methoxy groups -OCH3 is 1. The minimum Gasteiger partial charge on any atom is -0.497 e. The second-order valence-electron chi connectivity index (χ2n) is 8.95.